The van der Waals surface area contributed by atoms with Crippen LogP contribution < -0.4 is 0 Å². The molecular formula is C16H17ClN2O2. The van der Waals surface area contributed by atoms with Gasteiger partial charge in [-0.15, -0.1) is 0 Å². The number of hydrogen-bond acceptors (Lipinski definition) is 3. The van der Waals surface area contributed by atoms with Crippen LogP contribution in [0.15, 0.2) is 42.6 Å². The lowest BCUT2D eigenvalue weighted by atomic mass is 10.2. The second-order valence-corrected chi connectivity index (χ2v) is 5.15. The van der Waals surface area contributed by atoms with Crippen molar-refractivity contribution < 1.29 is 9.90 Å². The summed E-state index contributed by atoms with van der Waals surface area (Å²) in [6, 6.07) is 11.3. The molecule has 0 aliphatic rings. The minimum atomic E-state index is -0.231. The van der Waals surface area contributed by atoms with Crippen molar-refractivity contribution >= 4 is 17.5 Å². The van der Waals surface area contributed by atoms with E-state index in [1.165, 1.54) is 6.20 Å². The van der Waals surface area contributed by atoms with E-state index in [2.05, 4.69) is 4.98 Å². The second-order valence-electron chi connectivity index (χ2n) is 4.74. The Labute approximate surface area is 129 Å². The molecule has 0 fully saturated rings. The molecule has 0 saturated heterocycles. The molecule has 0 spiro atoms. The Bertz CT molecular complexity index is 617. The van der Waals surface area contributed by atoms with Crippen LogP contribution in [0.5, 0.6) is 0 Å². The highest BCUT2D eigenvalue weighted by Gasteiger charge is 2.19. The van der Waals surface area contributed by atoms with Gasteiger partial charge in [0.15, 0.2) is 0 Å². The Kier molecular flexibility index (Phi) is 5.31. The first-order valence-electron chi connectivity index (χ1n) is 6.68. The summed E-state index contributed by atoms with van der Waals surface area (Å²) in [5, 5.41) is 9.56. The standard InChI is InChI=1S/C16H17ClN2O2/c1-12-9-15(17)14(10-18-12)16(21)19(7-8-20)11-13-5-3-2-4-6-13/h2-6,9-10,20H,7-8,11H2,1H3. The van der Waals surface area contributed by atoms with E-state index < -0.39 is 0 Å². The zero-order valence-electron chi connectivity index (χ0n) is 11.8. The van der Waals surface area contributed by atoms with E-state index in [0.717, 1.165) is 11.3 Å². The van der Waals surface area contributed by atoms with Gasteiger partial charge in [-0.25, -0.2) is 0 Å². The van der Waals surface area contributed by atoms with Crippen LogP contribution >= 0.6 is 11.6 Å². The first-order chi connectivity index (χ1) is 10.1. The number of aliphatic hydroxyl groups excluding tert-OH is 1. The first-order valence-corrected chi connectivity index (χ1v) is 7.06. The van der Waals surface area contributed by atoms with Gasteiger partial charge in [0.05, 0.1) is 17.2 Å². The normalized spacial score (nSPS) is 10.4. The molecule has 0 radical (unpaired) electrons. The van der Waals surface area contributed by atoms with Crippen molar-refractivity contribution in [3.8, 4) is 0 Å². The molecule has 4 nitrogen and oxygen atoms in total. The number of hydrogen-bond donors (Lipinski definition) is 1. The summed E-state index contributed by atoms with van der Waals surface area (Å²) in [5.41, 5.74) is 2.11. The van der Waals surface area contributed by atoms with Crippen molar-refractivity contribution in [2.24, 2.45) is 0 Å². The van der Waals surface area contributed by atoms with E-state index in [9.17, 15) is 9.90 Å². The van der Waals surface area contributed by atoms with Gasteiger partial charge in [0.25, 0.3) is 5.91 Å². The van der Waals surface area contributed by atoms with E-state index in [4.69, 9.17) is 11.6 Å². The molecule has 0 aliphatic carbocycles. The molecule has 2 aromatic rings. The Hall–Kier alpha value is -1.91. The lowest BCUT2D eigenvalue weighted by Gasteiger charge is -2.22. The van der Waals surface area contributed by atoms with Gasteiger partial charge in [-0.05, 0) is 18.6 Å². The van der Waals surface area contributed by atoms with Crippen LogP contribution in [0.4, 0.5) is 0 Å². The third-order valence-electron chi connectivity index (χ3n) is 3.09. The summed E-state index contributed by atoms with van der Waals surface area (Å²) < 4.78 is 0. The van der Waals surface area contributed by atoms with Crippen LogP contribution in [0.2, 0.25) is 5.02 Å². The van der Waals surface area contributed by atoms with E-state index >= 15 is 0 Å². The fourth-order valence-electron chi connectivity index (χ4n) is 2.03. The summed E-state index contributed by atoms with van der Waals surface area (Å²) in [6.07, 6.45) is 1.48. The Balaban J connectivity index is 2.23. The van der Waals surface area contributed by atoms with Crippen LogP contribution in [0, 0.1) is 6.92 Å². The largest absolute Gasteiger partial charge is 0.395 e. The zero-order chi connectivity index (χ0) is 15.2. The molecule has 1 aromatic heterocycles. The number of pyridine rings is 1. The third kappa shape index (κ3) is 4.03. The molecule has 0 bridgehead atoms. The molecule has 110 valence electrons. The van der Waals surface area contributed by atoms with E-state index in [1.54, 1.807) is 11.0 Å². The Morgan fingerprint density at radius 2 is 2.05 bits per heavy atom. The number of carbonyl (C=O) groups excluding carboxylic acids is 1. The first kappa shape index (κ1) is 15.5. The Morgan fingerprint density at radius 1 is 1.33 bits per heavy atom. The fraction of sp³-hybridized carbons (Fsp3) is 0.250. The number of aromatic nitrogens is 1. The maximum absolute atomic E-state index is 12.6. The van der Waals surface area contributed by atoms with Crippen molar-refractivity contribution in [2.75, 3.05) is 13.2 Å². The lowest BCUT2D eigenvalue weighted by Crippen LogP contribution is -2.33. The smallest absolute Gasteiger partial charge is 0.257 e. The van der Waals surface area contributed by atoms with Crippen molar-refractivity contribution in [1.82, 2.24) is 9.88 Å². The molecular weight excluding hydrogens is 288 g/mol. The average molecular weight is 305 g/mol. The maximum atomic E-state index is 12.6. The van der Waals surface area contributed by atoms with Gasteiger partial charge in [-0.2, -0.15) is 0 Å². The molecule has 1 aromatic carbocycles. The number of aryl methyl sites for hydroxylation is 1. The molecule has 2 rings (SSSR count). The van der Waals surface area contributed by atoms with Gasteiger partial charge in [0, 0.05) is 25.0 Å². The van der Waals surface area contributed by atoms with E-state index in [-0.39, 0.29) is 19.1 Å². The molecule has 5 heteroatoms. The molecule has 1 N–H and O–H groups in total. The topological polar surface area (TPSA) is 53.4 Å². The zero-order valence-corrected chi connectivity index (χ0v) is 12.5. The molecule has 1 amide bonds. The second kappa shape index (κ2) is 7.20. The van der Waals surface area contributed by atoms with Crippen LogP contribution in [0.3, 0.4) is 0 Å². The highest BCUT2D eigenvalue weighted by Crippen LogP contribution is 2.18. The van der Waals surface area contributed by atoms with Crippen LogP contribution in [0.25, 0.3) is 0 Å². The Morgan fingerprint density at radius 3 is 2.67 bits per heavy atom. The lowest BCUT2D eigenvalue weighted by molar-refractivity contribution is 0.0707. The van der Waals surface area contributed by atoms with Gasteiger partial charge in [-0.1, -0.05) is 41.9 Å². The summed E-state index contributed by atoms with van der Waals surface area (Å²) >= 11 is 6.12. The SMILES string of the molecule is Cc1cc(Cl)c(C(=O)N(CCO)Cc2ccccc2)cn1. The monoisotopic (exact) mass is 304 g/mol. The summed E-state index contributed by atoms with van der Waals surface area (Å²) in [5.74, 6) is -0.231. The van der Waals surface area contributed by atoms with Crippen molar-refractivity contribution in [3.05, 3.63) is 64.4 Å². The predicted molar refractivity (Wildman–Crippen MR) is 82.3 cm³/mol. The number of benzene rings is 1. The van der Waals surface area contributed by atoms with E-state index in [1.807, 2.05) is 37.3 Å². The molecule has 0 saturated carbocycles. The minimum Gasteiger partial charge on any atom is -0.395 e. The minimum absolute atomic E-state index is 0.102. The highest BCUT2D eigenvalue weighted by atomic mass is 35.5. The molecule has 1 heterocycles. The molecule has 0 aliphatic heterocycles. The summed E-state index contributed by atoms with van der Waals surface area (Å²) in [7, 11) is 0. The van der Waals surface area contributed by atoms with Gasteiger partial charge < -0.3 is 10.0 Å². The highest BCUT2D eigenvalue weighted by molar-refractivity contribution is 6.33. The number of carbonyl (C=O) groups is 1. The van der Waals surface area contributed by atoms with Crippen LogP contribution in [-0.2, 0) is 6.54 Å². The van der Waals surface area contributed by atoms with Gasteiger partial charge in [0.1, 0.15) is 0 Å². The molecule has 0 unspecified atom stereocenters. The molecule has 0 atom stereocenters. The number of amides is 1. The number of halogens is 1. The van der Waals surface area contributed by atoms with Gasteiger partial charge >= 0.3 is 0 Å². The quantitative estimate of drug-likeness (QED) is 0.924. The van der Waals surface area contributed by atoms with Gasteiger partial charge in [0.2, 0.25) is 0 Å². The van der Waals surface area contributed by atoms with Crippen molar-refractivity contribution in [1.29, 1.82) is 0 Å². The number of rotatable bonds is 5. The van der Waals surface area contributed by atoms with Gasteiger partial charge in [-0.3, -0.25) is 9.78 Å². The van der Waals surface area contributed by atoms with Crippen LogP contribution in [0.1, 0.15) is 21.6 Å². The van der Waals surface area contributed by atoms with Crippen molar-refractivity contribution in [3.63, 3.8) is 0 Å². The predicted octanol–water partition coefficient (Wildman–Crippen LogP) is 2.68. The maximum Gasteiger partial charge on any atom is 0.257 e. The van der Waals surface area contributed by atoms with Crippen LogP contribution in [-0.4, -0.2) is 34.0 Å². The summed E-state index contributed by atoms with van der Waals surface area (Å²) in [4.78, 5) is 18.2. The third-order valence-corrected chi connectivity index (χ3v) is 3.41. The number of aliphatic hydroxyl groups is 1. The number of nitrogens with zero attached hydrogens (tertiary/aromatic N) is 2. The van der Waals surface area contributed by atoms with Crippen molar-refractivity contribution in [2.45, 2.75) is 13.5 Å². The fourth-order valence-corrected chi connectivity index (χ4v) is 2.32. The average Bonchev–Trinajstić information content (AvgIpc) is 2.47. The van der Waals surface area contributed by atoms with E-state index in [0.29, 0.717) is 17.1 Å². The molecule has 21 heavy (non-hydrogen) atoms. The summed E-state index contributed by atoms with van der Waals surface area (Å²) in [6.45, 7) is 2.38.